The first-order valence-electron chi connectivity index (χ1n) is 7.06. The molecule has 2 rings (SSSR count). The molecule has 0 radical (unpaired) electrons. The molecule has 0 spiro atoms. The van der Waals surface area contributed by atoms with Crippen LogP contribution in [0.3, 0.4) is 0 Å². The molecule has 0 fully saturated rings. The average Bonchev–Trinajstić information content (AvgIpc) is 2.44. The number of anilines is 1. The fraction of sp³-hybridized carbons (Fsp3) is 0.235. The van der Waals surface area contributed by atoms with Crippen molar-refractivity contribution in [1.29, 1.82) is 0 Å². The third-order valence-corrected chi connectivity index (χ3v) is 3.31. The molecule has 2 aromatic rings. The van der Waals surface area contributed by atoms with E-state index in [1.54, 1.807) is 38.2 Å². The SMILES string of the molecule is Cc1ccc(NC(=O)C[NH+](C)Cc2ccccc2F)c(F)c1. The van der Waals surface area contributed by atoms with Crippen LogP contribution in [0.5, 0.6) is 0 Å². The molecule has 116 valence electrons. The van der Waals surface area contributed by atoms with E-state index in [4.69, 9.17) is 0 Å². The van der Waals surface area contributed by atoms with Gasteiger partial charge in [0.25, 0.3) is 5.91 Å². The Morgan fingerprint density at radius 1 is 1.14 bits per heavy atom. The quantitative estimate of drug-likeness (QED) is 0.869. The molecule has 22 heavy (non-hydrogen) atoms. The standard InChI is InChI=1S/C17H18F2N2O/c1-12-7-8-16(15(19)9-12)20-17(22)11-21(2)10-13-5-3-4-6-14(13)18/h3-9H,10-11H2,1-2H3,(H,20,22)/p+1. The monoisotopic (exact) mass is 305 g/mol. The molecule has 2 N–H and O–H groups in total. The van der Waals surface area contributed by atoms with Crippen molar-refractivity contribution < 1.29 is 18.5 Å². The third kappa shape index (κ3) is 4.36. The van der Waals surface area contributed by atoms with Crippen LogP contribution in [0.4, 0.5) is 14.5 Å². The number of likely N-dealkylation sites (N-methyl/N-ethyl adjacent to an activating group) is 1. The number of carbonyl (C=O) groups excluding carboxylic acids is 1. The summed E-state index contributed by atoms with van der Waals surface area (Å²) >= 11 is 0. The number of carbonyl (C=O) groups is 1. The zero-order valence-electron chi connectivity index (χ0n) is 12.6. The number of quaternary nitrogens is 1. The Labute approximate surface area is 128 Å². The van der Waals surface area contributed by atoms with Gasteiger partial charge in [-0.05, 0) is 30.7 Å². The maximum absolute atomic E-state index is 13.7. The average molecular weight is 305 g/mol. The highest BCUT2D eigenvalue weighted by molar-refractivity contribution is 5.91. The Morgan fingerprint density at radius 2 is 1.86 bits per heavy atom. The van der Waals surface area contributed by atoms with E-state index in [0.29, 0.717) is 12.1 Å². The van der Waals surface area contributed by atoms with Gasteiger partial charge in [0.05, 0.1) is 12.7 Å². The maximum Gasteiger partial charge on any atom is 0.279 e. The van der Waals surface area contributed by atoms with Gasteiger partial charge in [-0.1, -0.05) is 24.3 Å². The molecular weight excluding hydrogens is 286 g/mol. The van der Waals surface area contributed by atoms with Crippen LogP contribution in [0.1, 0.15) is 11.1 Å². The molecular formula is C17H19F2N2O+. The van der Waals surface area contributed by atoms with E-state index in [0.717, 1.165) is 10.5 Å². The number of aryl methyl sites for hydroxylation is 1. The lowest BCUT2D eigenvalue weighted by Crippen LogP contribution is -3.08. The van der Waals surface area contributed by atoms with Crippen molar-refractivity contribution in [3.63, 3.8) is 0 Å². The summed E-state index contributed by atoms with van der Waals surface area (Å²) in [6.07, 6.45) is 0. The number of hydrogen-bond acceptors (Lipinski definition) is 1. The van der Waals surface area contributed by atoms with E-state index in [2.05, 4.69) is 5.32 Å². The number of halogens is 2. The summed E-state index contributed by atoms with van der Waals surface area (Å²) < 4.78 is 27.2. The highest BCUT2D eigenvalue weighted by Crippen LogP contribution is 2.14. The number of amides is 1. The predicted molar refractivity (Wildman–Crippen MR) is 81.6 cm³/mol. The van der Waals surface area contributed by atoms with Crippen molar-refractivity contribution in [2.75, 3.05) is 18.9 Å². The maximum atomic E-state index is 13.7. The summed E-state index contributed by atoms with van der Waals surface area (Å²) in [5.41, 5.74) is 1.50. The molecule has 0 bridgehead atoms. The van der Waals surface area contributed by atoms with Gasteiger partial charge in [-0.15, -0.1) is 0 Å². The van der Waals surface area contributed by atoms with Crippen molar-refractivity contribution in [3.8, 4) is 0 Å². The second-order valence-electron chi connectivity index (χ2n) is 5.43. The molecule has 0 aromatic heterocycles. The van der Waals surface area contributed by atoms with Crippen LogP contribution in [0.25, 0.3) is 0 Å². The van der Waals surface area contributed by atoms with Crippen LogP contribution >= 0.6 is 0 Å². The summed E-state index contributed by atoms with van der Waals surface area (Å²) in [5, 5.41) is 2.54. The first-order chi connectivity index (χ1) is 10.5. The van der Waals surface area contributed by atoms with E-state index < -0.39 is 5.82 Å². The first-order valence-corrected chi connectivity index (χ1v) is 7.06. The van der Waals surface area contributed by atoms with Gasteiger partial charge in [-0.3, -0.25) is 4.79 Å². The number of hydrogen-bond donors (Lipinski definition) is 2. The first kappa shape index (κ1) is 16.1. The van der Waals surface area contributed by atoms with Crippen LogP contribution in [0, 0.1) is 18.6 Å². The highest BCUT2D eigenvalue weighted by Gasteiger charge is 2.14. The Hall–Kier alpha value is -2.27. The van der Waals surface area contributed by atoms with Crippen molar-refractivity contribution in [3.05, 3.63) is 65.2 Å². The van der Waals surface area contributed by atoms with Crippen molar-refractivity contribution in [2.45, 2.75) is 13.5 Å². The van der Waals surface area contributed by atoms with Gasteiger partial charge >= 0.3 is 0 Å². The Bertz CT molecular complexity index is 673. The van der Waals surface area contributed by atoms with Crippen LogP contribution in [0.2, 0.25) is 0 Å². The fourth-order valence-electron chi connectivity index (χ4n) is 2.22. The minimum absolute atomic E-state index is 0.127. The molecule has 2 aromatic carbocycles. The molecule has 0 aliphatic rings. The molecule has 1 unspecified atom stereocenters. The Balaban J connectivity index is 1.93. The Morgan fingerprint density at radius 3 is 2.55 bits per heavy atom. The number of rotatable bonds is 5. The zero-order chi connectivity index (χ0) is 16.1. The minimum Gasteiger partial charge on any atom is -0.326 e. The molecule has 1 amide bonds. The number of benzene rings is 2. The van der Waals surface area contributed by atoms with Gasteiger partial charge in [0.1, 0.15) is 18.2 Å². The number of nitrogens with one attached hydrogen (secondary N) is 2. The summed E-state index contributed by atoms with van der Waals surface area (Å²) in [4.78, 5) is 12.8. The Kier molecular flexibility index (Phi) is 5.22. The lowest BCUT2D eigenvalue weighted by Gasteiger charge is -2.14. The van der Waals surface area contributed by atoms with Crippen LogP contribution in [-0.2, 0) is 11.3 Å². The van der Waals surface area contributed by atoms with Crippen molar-refractivity contribution >= 4 is 11.6 Å². The van der Waals surface area contributed by atoms with E-state index in [-0.39, 0.29) is 24.0 Å². The molecule has 0 saturated heterocycles. The largest absolute Gasteiger partial charge is 0.326 e. The summed E-state index contributed by atoms with van der Waals surface area (Å²) in [6.45, 7) is 2.29. The van der Waals surface area contributed by atoms with Gasteiger partial charge in [0, 0.05) is 5.56 Å². The molecule has 3 nitrogen and oxygen atoms in total. The summed E-state index contributed by atoms with van der Waals surface area (Å²) in [6, 6.07) is 11.1. The zero-order valence-corrected chi connectivity index (χ0v) is 12.6. The highest BCUT2D eigenvalue weighted by atomic mass is 19.1. The van der Waals surface area contributed by atoms with E-state index >= 15 is 0 Å². The second kappa shape index (κ2) is 7.13. The van der Waals surface area contributed by atoms with Crippen LogP contribution in [-0.4, -0.2) is 19.5 Å². The van der Waals surface area contributed by atoms with Crippen molar-refractivity contribution in [2.24, 2.45) is 0 Å². The summed E-state index contributed by atoms with van der Waals surface area (Å²) in [7, 11) is 1.79. The molecule has 0 aliphatic carbocycles. The molecule has 5 heteroatoms. The third-order valence-electron chi connectivity index (χ3n) is 3.31. The van der Waals surface area contributed by atoms with Gasteiger partial charge < -0.3 is 10.2 Å². The normalized spacial score (nSPS) is 12.0. The topological polar surface area (TPSA) is 33.5 Å². The van der Waals surface area contributed by atoms with Gasteiger partial charge in [0.2, 0.25) is 0 Å². The van der Waals surface area contributed by atoms with E-state index in [1.807, 2.05) is 0 Å². The molecule has 0 aliphatic heterocycles. The van der Waals surface area contributed by atoms with Crippen molar-refractivity contribution in [1.82, 2.24) is 0 Å². The predicted octanol–water partition coefficient (Wildman–Crippen LogP) is 1.93. The summed E-state index contributed by atoms with van der Waals surface area (Å²) in [5.74, 6) is -1.05. The lowest BCUT2D eigenvalue weighted by atomic mass is 10.2. The van der Waals surface area contributed by atoms with Gasteiger partial charge in [-0.2, -0.15) is 0 Å². The molecule has 0 heterocycles. The lowest BCUT2D eigenvalue weighted by molar-refractivity contribution is -0.885. The van der Waals surface area contributed by atoms with E-state index in [9.17, 15) is 13.6 Å². The molecule has 0 saturated carbocycles. The smallest absolute Gasteiger partial charge is 0.279 e. The minimum atomic E-state index is -0.458. The van der Waals surface area contributed by atoms with Crippen LogP contribution in [0.15, 0.2) is 42.5 Å². The van der Waals surface area contributed by atoms with Crippen LogP contribution < -0.4 is 10.2 Å². The second-order valence-corrected chi connectivity index (χ2v) is 5.43. The molecule has 1 atom stereocenters. The fourth-order valence-corrected chi connectivity index (χ4v) is 2.22. The van der Waals surface area contributed by atoms with E-state index in [1.165, 1.54) is 18.2 Å². The van der Waals surface area contributed by atoms with Gasteiger partial charge in [-0.25, -0.2) is 8.78 Å². The van der Waals surface area contributed by atoms with Gasteiger partial charge in [0.15, 0.2) is 6.54 Å².